The molecule has 1 saturated heterocycles. The monoisotopic (exact) mass is 315 g/mol. The fourth-order valence-corrected chi connectivity index (χ4v) is 2.72. The van der Waals surface area contributed by atoms with Crippen molar-refractivity contribution >= 4 is 39.3 Å². The Hall–Kier alpha value is -0.510. The largest absolute Gasteiger partial charge is 0.461 e. The summed E-state index contributed by atoms with van der Waals surface area (Å²) in [7, 11) is 0. The number of hydrogen-bond donors (Lipinski definition) is 1. The predicted molar refractivity (Wildman–Crippen MR) is 76.0 cm³/mol. The lowest BCUT2D eigenvalue weighted by molar-refractivity contribution is 0.397. The van der Waals surface area contributed by atoms with Crippen molar-refractivity contribution in [3.63, 3.8) is 0 Å². The summed E-state index contributed by atoms with van der Waals surface area (Å²) in [5.74, 6) is 1.74. The van der Waals surface area contributed by atoms with Crippen LogP contribution in [0.3, 0.4) is 0 Å². The normalized spacial score (nSPS) is 17.0. The molecule has 0 spiro atoms. The first-order chi connectivity index (χ1) is 7.83. The minimum atomic E-state index is 0. The highest BCUT2D eigenvalue weighted by Gasteiger charge is 2.18. The van der Waals surface area contributed by atoms with Crippen LogP contribution in [0.4, 0.5) is 0 Å². The van der Waals surface area contributed by atoms with E-state index in [0.717, 1.165) is 28.9 Å². The van der Waals surface area contributed by atoms with Crippen LogP contribution in [0.25, 0.3) is 11.0 Å². The van der Waals surface area contributed by atoms with Gasteiger partial charge in [-0.15, -0.1) is 12.4 Å². The summed E-state index contributed by atoms with van der Waals surface area (Å²) < 4.78 is 7.02. The molecule has 1 aromatic carbocycles. The maximum absolute atomic E-state index is 5.91. The zero-order valence-electron chi connectivity index (χ0n) is 9.41. The summed E-state index contributed by atoms with van der Waals surface area (Å²) in [6.07, 6.45) is 2.36. The van der Waals surface area contributed by atoms with Crippen molar-refractivity contribution in [2.24, 2.45) is 0 Å². The number of nitrogens with one attached hydrogen (secondary N) is 1. The first-order valence-electron chi connectivity index (χ1n) is 5.72. The lowest BCUT2D eigenvalue weighted by Gasteiger charge is -2.20. The Balaban J connectivity index is 0.00000108. The van der Waals surface area contributed by atoms with Crippen LogP contribution in [-0.2, 0) is 0 Å². The van der Waals surface area contributed by atoms with Crippen molar-refractivity contribution < 1.29 is 4.42 Å². The maximum atomic E-state index is 5.91. The third-order valence-corrected chi connectivity index (χ3v) is 3.73. The van der Waals surface area contributed by atoms with E-state index in [0.29, 0.717) is 5.92 Å². The minimum Gasteiger partial charge on any atom is -0.461 e. The van der Waals surface area contributed by atoms with E-state index in [-0.39, 0.29) is 12.4 Å². The van der Waals surface area contributed by atoms with E-state index in [9.17, 15) is 0 Å². The Kier molecular flexibility index (Phi) is 4.13. The Labute approximate surface area is 115 Å². The molecule has 0 unspecified atom stereocenters. The van der Waals surface area contributed by atoms with Gasteiger partial charge in [0.2, 0.25) is 0 Å². The molecule has 0 aliphatic carbocycles. The minimum absolute atomic E-state index is 0. The average molecular weight is 317 g/mol. The van der Waals surface area contributed by atoms with Crippen molar-refractivity contribution in [2.75, 3.05) is 13.1 Å². The van der Waals surface area contributed by atoms with E-state index < -0.39 is 0 Å². The molecule has 0 atom stereocenters. The SMILES string of the molecule is Brc1ccc2oc(C3CCNCC3)cc2c1.Cl. The van der Waals surface area contributed by atoms with Crippen LogP contribution in [-0.4, -0.2) is 13.1 Å². The Morgan fingerprint density at radius 2 is 1.94 bits per heavy atom. The van der Waals surface area contributed by atoms with Gasteiger partial charge in [-0.2, -0.15) is 0 Å². The average Bonchev–Trinajstić information content (AvgIpc) is 2.73. The Morgan fingerprint density at radius 1 is 1.18 bits per heavy atom. The van der Waals surface area contributed by atoms with Crippen molar-refractivity contribution in [1.29, 1.82) is 0 Å². The van der Waals surface area contributed by atoms with Crippen LogP contribution in [0, 0.1) is 0 Å². The molecular formula is C13H15BrClNO. The molecule has 0 radical (unpaired) electrons. The summed E-state index contributed by atoms with van der Waals surface area (Å²) >= 11 is 3.49. The molecule has 1 N–H and O–H groups in total. The van der Waals surface area contributed by atoms with Gasteiger partial charge in [0.25, 0.3) is 0 Å². The molecule has 0 saturated carbocycles. The topological polar surface area (TPSA) is 25.2 Å². The van der Waals surface area contributed by atoms with Crippen LogP contribution < -0.4 is 5.32 Å². The second-order valence-corrected chi connectivity index (χ2v) is 5.27. The molecule has 2 heterocycles. The summed E-state index contributed by atoms with van der Waals surface area (Å²) in [5.41, 5.74) is 0.997. The summed E-state index contributed by atoms with van der Waals surface area (Å²) in [4.78, 5) is 0. The van der Waals surface area contributed by atoms with Gasteiger partial charge in [-0.3, -0.25) is 0 Å². The number of halogens is 2. The first-order valence-corrected chi connectivity index (χ1v) is 6.52. The van der Waals surface area contributed by atoms with Gasteiger partial charge in [-0.1, -0.05) is 15.9 Å². The van der Waals surface area contributed by atoms with Gasteiger partial charge in [0.1, 0.15) is 11.3 Å². The van der Waals surface area contributed by atoms with Crippen LogP contribution in [0.1, 0.15) is 24.5 Å². The molecule has 4 heteroatoms. The van der Waals surface area contributed by atoms with Crippen LogP contribution in [0.15, 0.2) is 33.2 Å². The summed E-state index contributed by atoms with van der Waals surface area (Å²) in [6, 6.07) is 8.36. The zero-order chi connectivity index (χ0) is 11.0. The highest BCUT2D eigenvalue weighted by atomic mass is 79.9. The van der Waals surface area contributed by atoms with Gasteiger partial charge in [0, 0.05) is 15.8 Å². The Bertz CT molecular complexity index is 505. The lowest BCUT2D eigenvalue weighted by Crippen LogP contribution is -2.26. The molecule has 1 fully saturated rings. The molecule has 3 rings (SSSR count). The third-order valence-electron chi connectivity index (χ3n) is 3.24. The lowest BCUT2D eigenvalue weighted by atomic mass is 9.95. The molecule has 1 aliphatic heterocycles. The van der Waals surface area contributed by atoms with E-state index >= 15 is 0 Å². The number of hydrogen-bond acceptors (Lipinski definition) is 2. The zero-order valence-corrected chi connectivity index (χ0v) is 11.8. The van der Waals surface area contributed by atoms with Gasteiger partial charge in [-0.25, -0.2) is 0 Å². The molecule has 17 heavy (non-hydrogen) atoms. The summed E-state index contributed by atoms with van der Waals surface area (Å²) in [6.45, 7) is 2.21. The van der Waals surface area contributed by atoms with Crippen molar-refractivity contribution in [3.8, 4) is 0 Å². The van der Waals surface area contributed by atoms with Gasteiger partial charge < -0.3 is 9.73 Å². The summed E-state index contributed by atoms with van der Waals surface area (Å²) in [5, 5.41) is 4.58. The molecule has 1 aliphatic rings. The Morgan fingerprint density at radius 3 is 2.71 bits per heavy atom. The number of piperidine rings is 1. The van der Waals surface area contributed by atoms with Crippen molar-refractivity contribution in [2.45, 2.75) is 18.8 Å². The standard InChI is InChI=1S/C13H14BrNO.ClH/c14-11-1-2-12-10(7-11)8-13(16-12)9-3-5-15-6-4-9;/h1-2,7-9,15H,3-6H2;1H. The number of fused-ring (bicyclic) bond motifs is 1. The van der Waals surface area contributed by atoms with Gasteiger partial charge in [0.05, 0.1) is 0 Å². The van der Waals surface area contributed by atoms with E-state index in [1.54, 1.807) is 0 Å². The van der Waals surface area contributed by atoms with Crippen molar-refractivity contribution in [1.82, 2.24) is 5.32 Å². The highest BCUT2D eigenvalue weighted by molar-refractivity contribution is 9.10. The van der Waals surface area contributed by atoms with E-state index in [2.05, 4.69) is 33.4 Å². The van der Waals surface area contributed by atoms with E-state index in [1.165, 1.54) is 18.2 Å². The number of benzene rings is 1. The highest BCUT2D eigenvalue weighted by Crippen LogP contribution is 2.31. The van der Waals surface area contributed by atoms with Gasteiger partial charge in [-0.05, 0) is 50.2 Å². The quantitative estimate of drug-likeness (QED) is 0.857. The van der Waals surface area contributed by atoms with Crippen molar-refractivity contribution in [3.05, 3.63) is 34.5 Å². The predicted octanol–water partition coefficient (Wildman–Crippen LogP) is 4.08. The van der Waals surface area contributed by atoms with Crippen LogP contribution >= 0.6 is 28.3 Å². The third kappa shape index (κ3) is 2.67. The van der Waals surface area contributed by atoms with E-state index in [1.807, 2.05) is 12.1 Å². The molecule has 2 aromatic rings. The van der Waals surface area contributed by atoms with Crippen LogP contribution in [0.5, 0.6) is 0 Å². The van der Waals surface area contributed by atoms with Crippen LogP contribution in [0.2, 0.25) is 0 Å². The fourth-order valence-electron chi connectivity index (χ4n) is 2.34. The second kappa shape index (κ2) is 5.42. The maximum Gasteiger partial charge on any atom is 0.134 e. The second-order valence-electron chi connectivity index (χ2n) is 4.36. The van der Waals surface area contributed by atoms with Gasteiger partial charge >= 0.3 is 0 Å². The molecule has 92 valence electrons. The molecule has 0 bridgehead atoms. The molecular weight excluding hydrogens is 302 g/mol. The first kappa shape index (κ1) is 12.9. The smallest absolute Gasteiger partial charge is 0.134 e. The number of rotatable bonds is 1. The molecule has 0 amide bonds. The number of furan rings is 1. The van der Waals surface area contributed by atoms with E-state index in [4.69, 9.17) is 4.42 Å². The van der Waals surface area contributed by atoms with Gasteiger partial charge in [0.15, 0.2) is 0 Å². The molecule has 2 nitrogen and oxygen atoms in total. The fraction of sp³-hybridized carbons (Fsp3) is 0.385. The molecule has 1 aromatic heterocycles.